The van der Waals surface area contributed by atoms with E-state index >= 15 is 0 Å². The molecule has 2 N–H and O–H groups in total. The fraction of sp³-hybridized carbons (Fsp3) is 0.583. The zero-order valence-corrected chi connectivity index (χ0v) is 12.6. The number of hydrogen-bond donors (Lipinski definition) is 2. The van der Waals surface area contributed by atoms with Crippen molar-refractivity contribution in [1.29, 1.82) is 0 Å². The smallest absolute Gasteiger partial charge is 0.315 e. The Morgan fingerprint density at radius 1 is 1.04 bits per heavy atom. The van der Waals surface area contributed by atoms with Crippen LogP contribution in [0.1, 0.15) is 11.4 Å². The van der Waals surface area contributed by atoms with Gasteiger partial charge in [-0.05, 0) is 12.1 Å². The van der Waals surface area contributed by atoms with Crippen LogP contribution >= 0.6 is 0 Å². The number of halogens is 6. The Morgan fingerprint density at radius 2 is 1.67 bits per heavy atom. The predicted octanol–water partition coefficient (Wildman–Crippen LogP) is 1.41. The summed E-state index contributed by atoms with van der Waals surface area (Å²) in [4.78, 5) is 1.30. The van der Waals surface area contributed by atoms with E-state index < -0.39 is 49.3 Å². The number of pyridine rings is 1. The number of hydrogen-bond acceptors (Lipinski definition) is 5. The van der Waals surface area contributed by atoms with E-state index in [0.717, 1.165) is 0 Å². The van der Waals surface area contributed by atoms with Crippen molar-refractivity contribution in [3.8, 4) is 0 Å². The van der Waals surface area contributed by atoms with E-state index in [4.69, 9.17) is 0 Å². The lowest BCUT2D eigenvalue weighted by Gasteiger charge is -2.55. The molecule has 2 aliphatic heterocycles. The highest BCUT2D eigenvalue weighted by Crippen LogP contribution is 2.43. The van der Waals surface area contributed by atoms with Gasteiger partial charge in [-0.2, -0.15) is 26.3 Å². The largest absolute Gasteiger partial charge is 0.434 e. The second-order valence-corrected chi connectivity index (χ2v) is 7.81. The molecule has 1 unspecified atom stereocenters. The molecule has 0 radical (unpaired) electrons. The highest BCUT2D eigenvalue weighted by Gasteiger charge is 2.58. The van der Waals surface area contributed by atoms with Gasteiger partial charge < -0.3 is 5.32 Å². The Hall–Kier alpha value is -1.40. The molecule has 3 heterocycles. The number of nitrogens with zero attached hydrogens (tertiary/aromatic N) is 1. The molecule has 0 aromatic carbocycles. The van der Waals surface area contributed by atoms with Crippen LogP contribution in [0.3, 0.4) is 0 Å². The van der Waals surface area contributed by atoms with Gasteiger partial charge in [0, 0.05) is 25.0 Å². The Bertz CT molecular complexity index is 764. The summed E-state index contributed by atoms with van der Waals surface area (Å²) < 4.78 is 102. The standard InChI is InChI=1S/C12H11F6N3O2S/c13-11(14,15)7-2-1-6(8(21-7)12(16,17)18)24(22,23)9-10(5-20-9)3-19-4-10/h1-2,9,19-20H,3-5H2. The van der Waals surface area contributed by atoms with Crippen molar-refractivity contribution in [1.82, 2.24) is 15.6 Å². The molecule has 0 saturated carbocycles. The average Bonchev–Trinajstić information content (AvgIpc) is 2.32. The maximum absolute atomic E-state index is 13.1. The van der Waals surface area contributed by atoms with E-state index in [0.29, 0.717) is 25.7 Å². The fourth-order valence-corrected chi connectivity index (χ4v) is 4.99. The first-order valence-electron chi connectivity index (χ1n) is 6.71. The average molecular weight is 375 g/mol. The van der Waals surface area contributed by atoms with E-state index in [2.05, 4.69) is 15.6 Å². The second-order valence-electron chi connectivity index (χ2n) is 5.81. The van der Waals surface area contributed by atoms with Gasteiger partial charge in [0.15, 0.2) is 15.5 Å². The summed E-state index contributed by atoms with van der Waals surface area (Å²) in [6.07, 6.45) is -10.4. The normalized spacial score (nSPS) is 23.7. The van der Waals surface area contributed by atoms with Crippen LogP contribution in [0.4, 0.5) is 26.3 Å². The van der Waals surface area contributed by atoms with Crippen LogP contribution in [0, 0.1) is 5.41 Å². The van der Waals surface area contributed by atoms with E-state index in [1.807, 2.05) is 0 Å². The summed E-state index contributed by atoms with van der Waals surface area (Å²) in [5, 5.41) is 4.11. The summed E-state index contributed by atoms with van der Waals surface area (Å²) >= 11 is 0. The van der Waals surface area contributed by atoms with Gasteiger partial charge in [0.25, 0.3) is 0 Å². The Labute approximate surface area is 132 Å². The zero-order chi connectivity index (χ0) is 18.0. The minimum absolute atomic E-state index is 0.243. The zero-order valence-electron chi connectivity index (χ0n) is 11.8. The fourth-order valence-electron chi connectivity index (χ4n) is 2.83. The lowest BCUT2D eigenvalue weighted by atomic mass is 9.76. The van der Waals surface area contributed by atoms with Gasteiger partial charge in [0.2, 0.25) is 0 Å². The molecular weight excluding hydrogens is 364 g/mol. The molecule has 5 nitrogen and oxygen atoms in total. The van der Waals surface area contributed by atoms with Crippen LogP contribution < -0.4 is 10.6 Å². The SMILES string of the molecule is O=S(=O)(c1ccc(C(F)(F)F)nc1C(F)(F)F)C1NCC12CNC2. The number of alkyl halides is 6. The third-order valence-electron chi connectivity index (χ3n) is 4.18. The molecule has 0 amide bonds. The lowest BCUT2D eigenvalue weighted by molar-refractivity contribution is -0.151. The number of aromatic nitrogens is 1. The molecule has 24 heavy (non-hydrogen) atoms. The van der Waals surface area contributed by atoms with Crippen molar-refractivity contribution in [2.24, 2.45) is 5.41 Å². The number of nitrogens with one attached hydrogen (secondary N) is 2. The summed E-state index contributed by atoms with van der Waals surface area (Å²) in [7, 11) is -4.55. The maximum Gasteiger partial charge on any atom is 0.434 e. The summed E-state index contributed by atoms with van der Waals surface area (Å²) in [6, 6.07) is 0.570. The minimum atomic E-state index is -5.33. The third kappa shape index (κ3) is 2.56. The summed E-state index contributed by atoms with van der Waals surface area (Å²) in [5.74, 6) is 0. The summed E-state index contributed by atoms with van der Waals surface area (Å²) in [6.45, 7) is 0.915. The Balaban J connectivity index is 2.10. The second kappa shape index (κ2) is 5.05. The Kier molecular flexibility index (Phi) is 3.67. The predicted molar refractivity (Wildman–Crippen MR) is 68.5 cm³/mol. The molecule has 0 aliphatic carbocycles. The maximum atomic E-state index is 13.1. The van der Waals surface area contributed by atoms with Gasteiger partial charge in [-0.1, -0.05) is 0 Å². The molecule has 134 valence electrons. The van der Waals surface area contributed by atoms with Gasteiger partial charge in [0.1, 0.15) is 11.1 Å². The van der Waals surface area contributed by atoms with Crippen LogP contribution in [0.15, 0.2) is 17.0 Å². The van der Waals surface area contributed by atoms with Gasteiger partial charge in [-0.15, -0.1) is 0 Å². The third-order valence-corrected chi connectivity index (χ3v) is 6.41. The highest BCUT2D eigenvalue weighted by molar-refractivity contribution is 7.92. The lowest BCUT2D eigenvalue weighted by Crippen LogP contribution is -2.77. The molecule has 1 spiro atoms. The molecule has 1 aromatic heterocycles. The molecule has 0 bridgehead atoms. The molecular formula is C12H11F6N3O2S. The van der Waals surface area contributed by atoms with E-state index in [1.54, 1.807) is 0 Å². The quantitative estimate of drug-likeness (QED) is 0.765. The van der Waals surface area contributed by atoms with Crippen molar-refractivity contribution in [2.75, 3.05) is 19.6 Å². The Morgan fingerprint density at radius 3 is 2.04 bits per heavy atom. The van der Waals surface area contributed by atoms with E-state index in [-0.39, 0.29) is 6.07 Å². The number of sulfone groups is 1. The van der Waals surface area contributed by atoms with Crippen molar-refractivity contribution < 1.29 is 34.8 Å². The van der Waals surface area contributed by atoms with Crippen LogP contribution in [0.5, 0.6) is 0 Å². The first-order valence-corrected chi connectivity index (χ1v) is 8.26. The molecule has 2 saturated heterocycles. The van der Waals surface area contributed by atoms with Crippen molar-refractivity contribution in [3.63, 3.8) is 0 Å². The van der Waals surface area contributed by atoms with Crippen LogP contribution in [-0.2, 0) is 22.2 Å². The van der Waals surface area contributed by atoms with Gasteiger partial charge in [-0.3, -0.25) is 5.32 Å². The van der Waals surface area contributed by atoms with E-state index in [1.165, 1.54) is 0 Å². The number of rotatable bonds is 2. The first-order chi connectivity index (χ1) is 10.9. The molecule has 2 aliphatic rings. The van der Waals surface area contributed by atoms with Gasteiger partial charge in [-0.25, -0.2) is 13.4 Å². The van der Waals surface area contributed by atoms with Crippen LogP contribution in [0.25, 0.3) is 0 Å². The first kappa shape index (κ1) is 17.4. The topological polar surface area (TPSA) is 71.1 Å². The molecule has 2 fully saturated rings. The summed E-state index contributed by atoms with van der Waals surface area (Å²) in [5.41, 5.74) is -4.58. The highest BCUT2D eigenvalue weighted by atomic mass is 32.2. The monoisotopic (exact) mass is 375 g/mol. The molecule has 12 heteroatoms. The molecule has 1 aromatic rings. The molecule has 1 atom stereocenters. The van der Waals surface area contributed by atoms with Crippen molar-refractivity contribution >= 4 is 9.84 Å². The van der Waals surface area contributed by atoms with Gasteiger partial charge in [0.05, 0.1) is 4.90 Å². The van der Waals surface area contributed by atoms with Crippen LogP contribution in [-0.4, -0.2) is 38.4 Å². The van der Waals surface area contributed by atoms with Crippen molar-refractivity contribution in [2.45, 2.75) is 22.6 Å². The van der Waals surface area contributed by atoms with E-state index in [9.17, 15) is 34.8 Å². The molecule has 3 rings (SSSR count). The minimum Gasteiger partial charge on any atom is -0.315 e. The van der Waals surface area contributed by atoms with Gasteiger partial charge >= 0.3 is 12.4 Å². The van der Waals surface area contributed by atoms with Crippen LogP contribution in [0.2, 0.25) is 0 Å². The van der Waals surface area contributed by atoms with Crippen molar-refractivity contribution in [3.05, 3.63) is 23.5 Å².